The van der Waals surface area contributed by atoms with Crippen molar-refractivity contribution >= 4 is 5.97 Å². The number of carbonyl (C=O) groups is 1. The van der Waals surface area contributed by atoms with Crippen LogP contribution in [0.2, 0.25) is 0 Å². The van der Waals surface area contributed by atoms with Gasteiger partial charge in [0, 0.05) is 19.5 Å². The number of aliphatic carboxylic acids is 1. The van der Waals surface area contributed by atoms with E-state index in [2.05, 4.69) is 0 Å². The molecule has 0 saturated carbocycles. The van der Waals surface area contributed by atoms with Crippen LogP contribution < -0.4 is 0 Å². The summed E-state index contributed by atoms with van der Waals surface area (Å²) in [5, 5.41) is 25.1. The van der Waals surface area contributed by atoms with Gasteiger partial charge in [0.25, 0.3) is 0 Å². The molecule has 0 saturated heterocycles. The molecule has 0 bridgehead atoms. The number of aliphatic hydroxyl groups excluding tert-OH is 2. The maximum Gasteiger partial charge on any atom is 0.314 e. The zero-order chi connectivity index (χ0) is 7.49. The van der Waals surface area contributed by atoms with Gasteiger partial charge in [0.05, 0.1) is 13.2 Å². The van der Waals surface area contributed by atoms with Gasteiger partial charge in [-0.2, -0.15) is 0 Å². The van der Waals surface area contributed by atoms with Gasteiger partial charge in [-0.1, -0.05) is 0 Å². The van der Waals surface area contributed by atoms with Crippen LogP contribution >= 0.6 is 0 Å². The van der Waals surface area contributed by atoms with Gasteiger partial charge in [0.1, 0.15) is 5.41 Å². The van der Waals surface area contributed by atoms with Gasteiger partial charge in [-0.15, -0.1) is 0 Å². The quantitative estimate of drug-likeness (QED) is 0.513. The number of hydrogen-bond acceptors (Lipinski definition) is 3. The fourth-order valence-corrected chi connectivity index (χ4v) is 0.185. The van der Waals surface area contributed by atoms with E-state index in [4.69, 9.17) is 15.3 Å². The zero-order valence-electron chi connectivity index (χ0n) is 5.87. The first kappa shape index (κ1) is 12.7. The predicted molar refractivity (Wildman–Crippen MR) is 29.9 cm³/mol. The molecule has 0 rings (SSSR count). The monoisotopic (exact) mass is 198 g/mol. The van der Waals surface area contributed by atoms with Crippen LogP contribution in [0.25, 0.3) is 0 Å². The van der Waals surface area contributed by atoms with Crippen LogP contribution in [0.4, 0.5) is 0 Å². The summed E-state index contributed by atoms with van der Waals surface area (Å²) in [6, 6.07) is 0. The Kier molecular flexibility index (Phi) is 6.05. The summed E-state index contributed by atoms with van der Waals surface area (Å²) < 4.78 is 0. The molecule has 0 heterocycles. The topological polar surface area (TPSA) is 77.8 Å². The summed E-state index contributed by atoms with van der Waals surface area (Å²) >= 11 is 0. The van der Waals surface area contributed by atoms with E-state index in [1.54, 1.807) is 0 Å². The molecule has 0 unspecified atom stereocenters. The molecule has 0 aliphatic rings. The van der Waals surface area contributed by atoms with E-state index in [1.807, 2.05) is 0 Å². The van der Waals surface area contributed by atoms with Gasteiger partial charge in [0.15, 0.2) is 0 Å². The Balaban J connectivity index is 0. The van der Waals surface area contributed by atoms with E-state index in [-0.39, 0.29) is 19.5 Å². The van der Waals surface area contributed by atoms with Gasteiger partial charge in [-0.05, 0) is 6.92 Å². The van der Waals surface area contributed by atoms with Gasteiger partial charge < -0.3 is 15.3 Å². The largest absolute Gasteiger partial charge is 0.481 e. The van der Waals surface area contributed by atoms with Crippen molar-refractivity contribution in [3.63, 3.8) is 0 Å². The Morgan fingerprint density at radius 3 is 1.70 bits per heavy atom. The zero-order valence-corrected chi connectivity index (χ0v) is 8.84. The Bertz CT molecular complexity index is 110. The van der Waals surface area contributed by atoms with Crippen molar-refractivity contribution in [3.8, 4) is 0 Å². The van der Waals surface area contributed by atoms with Crippen LogP contribution in [0.5, 0.6) is 0 Å². The molecule has 0 aliphatic carbocycles. The summed E-state index contributed by atoms with van der Waals surface area (Å²) in [4.78, 5) is 10.2. The Hall–Kier alpha value is 0.0134. The first-order valence-corrected chi connectivity index (χ1v) is 2.52. The minimum absolute atomic E-state index is 0. The minimum atomic E-state index is -1.39. The number of carboxylic acid groups (broad SMARTS) is 1. The molecule has 0 aromatic carbocycles. The average Bonchev–Trinajstić information content (AvgIpc) is 1.86. The van der Waals surface area contributed by atoms with Crippen LogP contribution in [-0.4, -0.2) is 34.5 Å². The molecule has 10 heavy (non-hydrogen) atoms. The molecule has 0 radical (unpaired) electrons. The van der Waals surface area contributed by atoms with Crippen molar-refractivity contribution in [2.24, 2.45) is 5.41 Å². The normalized spacial score (nSPS) is 10.3. The van der Waals surface area contributed by atoms with E-state index < -0.39 is 24.6 Å². The number of carboxylic acids is 1. The van der Waals surface area contributed by atoms with Crippen LogP contribution in [0.1, 0.15) is 6.92 Å². The molecule has 0 aliphatic heterocycles. The SMILES string of the molecule is CC(CO)(CO)C(=O)O.[Zn]. The molecule has 0 amide bonds. The predicted octanol–water partition coefficient (Wildman–Crippen LogP) is -0.941. The van der Waals surface area contributed by atoms with Gasteiger partial charge in [-0.25, -0.2) is 0 Å². The third-order valence-corrected chi connectivity index (χ3v) is 1.21. The molecular weight excluding hydrogens is 189 g/mol. The van der Waals surface area contributed by atoms with Crippen molar-refractivity contribution in [3.05, 3.63) is 0 Å². The van der Waals surface area contributed by atoms with Crippen molar-refractivity contribution in [1.29, 1.82) is 0 Å². The number of aliphatic hydroxyl groups is 2. The first-order chi connectivity index (χ1) is 4.06. The molecule has 3 N–H and O–H groups in total. The third-order valence-electron chi connectivity index (χ3n) is 1.21. The summed E-state index contributed by atoms with van der Waals surface area (Å²) in [6.45, 7) is 0.187. The second-order valence-electron chi connectivity index (χ2n) is 2.18. The van der Waals surface area contributed by atoms with E-state index in [9.17, 15) is 4.79 Å². The molecule has 0 atom stereocenters. The Labute approximate surface area is 71.6 Å². The Morgan fingerprint density at radius 2 is 1.70 bits per heavy atom. The minimum Gasteiger partial charge on any atom is -0.481 e. The van der Waals surface area contributed by atoms with Gasteiger partial charge in [0.2, 0.25) is 0 Å². The number of hydrogen-bond donors (Lipinski definition) is 3. The van der Waals surface area contributed by atoms with E-state index in [1.165, 1.54) is 6.92 Å². The van der Waals surface area contributed by atoms with Gasteiger partial charge in [-0.3, -0.25) is 4.79 Å². The molecule has 0 aromatic heterocycles. The van der Waals surface area contributed by atoms with Crippen LogP contribution in [0, 0.1) is 5.41 Å². The summed E-state index contributed by atoms with van der Waals surface area (Å²) in [7, 11) is 0. The smallest absolute Gasteiger partial charge is 0.314 e. The third kappa shape index (κ3) is 2.73. The van der Waals surface area contributed by atoms with Crippen molar-refractivity contribution < 1.29 is 39.6 Å². The second-order valence-corrected chi connectivity index (χ2v) is 2.18. The molecule has 5 heteroatoms. The summed E-state index contributed by atoms with van der Waals surface area (Å²) in [5.74, 6) is -1.19. The Morgan fingerprint density at radius 1 is 1.40 bits per heavy atom. The maximum absolute atomic E-state index is 10.2. The number of rotatable bonds is 3. The molecule has 0 aromatic rings. The first-order valence-electron chi connectivity index (χ1n) is 2.52. The maximum atomic E-state index is 10.2. The average molecular weight is 200 g/mol. The fraction of sp³-hybridized carbons (Fsp3) is 0.800. The van der Waals surface area contributed by atoms with Crippen LogP contribution in [0.3, 0.4) is 0 Å². The van der Waals surface area contributed by atoms with Crippen molar-refractivity contribution in [2.75, 3.05) is 13.2 Å². The molecule has 0 fully saturated rings. The van der Waals surface area contributed by atoms with E-state index in [0.29, 0.717) is 0 Å². The standard InChI is InChI=1S/C5H10O4.Zn/c1-5(2-6,3-7)4(8)9;/h6-7H,2-3H2,1H3,(H,8,9);. The molecule has 0 spiro atoms. The fourth-order valence-electron chi connectivity index (χ4n) is 0.185. The molecular formula is C5H10O4Zn. The van der Waals surface area contributed by atoms with E-state index >= 15 is 0 Å². The summed E-state index contributed by atoms with van der Waals surface area (Å²) in [6.07, 6.45) is 0. The van der Waals surface area contributed by atoms with Crippen LogP contribution in [0.15, 0.2) is 0 Å². The molecule has 4 nitrogen and oxygen atoms in total. The van der Waals surface area contributed by atoms with Crippen molar-refractivity contribution in [2.45, 2.75) is 6.92 Å². The molecule has 56 valence electrons. The van der Waals surface area contributed by atoms with Gasteiger partial charge >= 0.3 is 5.97 Å². The van der Waals surface area contributed by atoms with Crippen LogP contribution in [-0.2, 0) is 24.3 Å². The van der Waals surface area contributed by atoms with E-state index in [0.717, 1.165) is 0 Å². The summed E-state index contributed by atoms with van der Waals surface area (Å²) in [5.41, 5.74) is -1.39. The van der Waals surface area contributed by atoms with Crippen molar-refractivity contribution in [1.82, 2.24) is 0 Å². The second kappa shape index (κ2) is 4.77.